The molecule has 0 heteroatoms. The zero-order valence-corrected chi connectivity index (χ0v) is 7.52. The molecule has 0 aromatic heterocycles. The Hall–Kier alpha value is -0.260. The molecule has 1 aliphatic carbocycles. The molecule has 2 unspecified atom stereocenters. The number of rotatable bonds is 2. The molecule has 0 aromatic carbocycles. The van der Waals surface area contributed by atoms with Crippen molar-refractivity contribution < 1.29 is 0 Å². The fourth-order valence-electron chi connectivity index (χ4n) is 1.95. The molecule has 0 amide bonds. The molecule has 0 aliphatic heterocycles. The Balaban J connectivity index is 2.45. The molecule has 0 aromatic rings. The van der Waals surface area contributed by atoms with E-state index in [4.69, 9.17) is 0 Å². The molecule has 0 radical (unpaired) electrons. The Morgan fingerprint density at radius 1 is 1.30 bits per heavy atom. The molecule has 0 nitrogen and oxygen atoms in total. The molecule has 2 atom stereocenters. The van der Waals surface area contributed by atoms with Crippen LogP contribution in [0.15, 0.2) is 11.6 Å². The van der Waals surface area contributed by atoms with Crippen LogP contribution in [0.3, 0.4) is 0 Å². The van der Waals surface area contributed by atoms with E-state index in [1.165, 1.54) is 6.42 Å². The van der Waals surface area contributed by atoms with E-state index >= 15 is 0 Å². The monoisotopic (exact) mass is 138 g/mol. The highest BCUT2D eigenvalue weighted by Crippen LogP contribution is 2.49. The first-order chi connectivity index (χ1) is 4.68. The van der Waals surface area contributed by atoms with Gasteiger partial charge in [0.25, 0.3) is 0 Å². The predicted octanol–water partition coefficient (Wildman–Crippen LogP) is 3.24. The first-order valence-electron chi connectivity index (χ1n) is 4.35. The van der Waals surface area contributed by atoms with Crippen LogP contribution < -0.4 is 0 Å². The van der Waals surface area contributed by atoms with Crippen molar-refractivity contribution in [3.63, 3.8) is 0 Å². The highest BCUT2D eigenvalue weighted by Gasteiger charge is 2.43. The molecule has 0 heterocycles. The van der Waals surface area contributed by atoms with Gasteiger partial charge in [-0.05, 0) is 31.1 Å². The molecule has 10 heavy (non-hydrogen) atoms. The quantitative estimate of drug-likeness (QED) is 0.514. The van der Waals surface area contributed by atoms with Crippen LogP contribution >= 0.6 is 0 Å². The molecule has 0 saturated heterocycles. The van der Waals surface area contributed by atoms with Crippen molar-refractivity contribution in [2.75, 3.05) is 0 Å². The fourth-order valence-corrected chi connectivity index (χ4v) is 1.95. The van der Waals surface area contributed by atoms with E-state index in [9.17, 15) is 0 Å². The maximum atomic E-state index is 2.37. The summed E-state index contributed by atoms with van der Waals surface area (Å²) in [5, 5.41) is 0. The van der Waals surface area contributed by atoms with Crippen LogP contribution in [0.5, 0.6) is 0 Å². The first kappa shape index (κ1) is 7.84. The second-order valence-corrected chi connectivity index (χ2v) is 3.60. The molecule has 0 bridgehead atoms. The Bertz CT molecular complexity index is 136. The van der Waals surface area contributed by atoms with Gasteiger partial charge in [0.1, 0.15) is 0 Å². The normalized spacial score (nSPS) is 40.0. The fraction of sp³-hybridized carbons (Fsp3) is 0.800. The largest absolute Gasteiger partial charge is 0.0856 e. The summed E-state index contributed by atoms with van der Waals surface area (Å²) in [4.78, 5) is 0. The van der Waals surface area contributed by atoms with Crippen LogP contribution in [0.25, 0.3) is 0 Å². The van der Waals surface area contributed by atoms with Gasteiger partial charge >= 0.3 is 0 Å². The van der Waals surface area contributed by atoms with Gasteiger partial charge in [0.15, 0.2) is 0 Å². The predicted molar refractivity (Wildman–Crippen MR) is 45.9 cm³/mol. The molecular formula is C10H18. The van der Waals surface area contributed by atoms with Gasteiger partial charge in [0.2, 0.25) is 0 Å². The van der Waals surface area contributed by atoms with Gasteiger partial charge in [-0.1, -0.05) is 32.4 Å². The Morgan fingerprint density at radius 3 is 2.10 bits per heavy atom. The van der Waals surface area contributed by atoms with Crippen molar-refractivity contribution in [2.45, 2.75) is 34.1 Å². The zero-order valence-electron chi connectivity index (χ0n) is 7.52. The lowest BCUT2D eigenvalue weighted by molar-refractivity contribution is 0.834. The van der Waals surface area contributed by atoms with E-state index in [0.29, 0.717) is 0 Å². The van der Waals surface area contributed by atoms with Crippen molar-refractivity contribution >= 4 is 0 Å². The third-order valence-electron chi connectivity index (χ3n) is 2.87. The van der Waals surface area contributed by atoms with Crippen molar-refractivity contribution in [1.82, 2.24) is 0 Å². The smallest absolute Gasteiger partial charge is 0.0149 e. The summed E-state index contributed by atoms with van der Waals surface area (Å²) in [5.41, 5.74) is 1.61. The van der Waals surface area contributed by atoms with Crippen LogP contribution in [0.1, 0.15) is 34.1 Å². The highest BCUT2D eigenvalue weighted by molar-refractivity contribution is 5.15. The van der Waals surface area contributed by atoms with Crippen molar-refractivity contribution in [3.05, 3.63) is 11.6 Å². The summed E-state index contributed by atoms with van der Waals surface area (Å²) in [6.45, 7) is 9.18. The van der Waals surface area contributed by atoms with Crippen molar-refractivity contribution in [1.29, 1.82) is 0 Å². The standard InChI is InChI=1S/C10H18/c1-5-6-7(2)10-8(3)9(10)4/h6,8-10H,5H2,1-4H3. The van der Waals surface area contributed by atoms with E-state index in [0.717, 1.165) is 17.8 Å². The van der Waals surface area contributed by atoms with Gasteiger partial charge in [-0.3, -0.25) is 0 Å². The minimum absolute atomic E-state index is 0.917. The molecule has 1 rings (SSSR count). The summed E-state index contributed by atoms with van der Waals surface area (Å²) in [7, 11) is 0. The van der Waals surface area contributed by atoms with Crippen LogP contribution in [0.4, 0.5) is 0 Å². The van der Waals surface area contributed by atoms with Crippen molar-refractivity contribution in [2.24, 2.45) is 17.8 Å². The van der Waals surface area contributed by atoms with E-state index in [-0.39, 0.29) is 0 Å². The maximum absolute atomic E-state index is 2.37. The first-order valence-corrected chi connectivity index (χ1v) is 4.35. The van der Waals surface area contributed by atoms with Crippen LogP contribution in [0.2, 0.25) is 0 Å². The Kier molecular flexibility index (Phi) is 2.18. The summed E-state index contributed by atoms with van der Waals surface area (Å²) in [6.07, 6.45) is 3.56. The molecule has 0 N–H and O–H groups in total. The summed E-state index contributed by atoms with van der Waals surface area (Å²) in [6, 6.07) is 0. The van der Waals surface area contributed by atoms with Gasteiger partial charge in [-0.15, -0.1) is 0 Å². The Labute approximate surface area is 64.3 Å². The lowest BCUT2D eigenvalue weighted by atomic mass is 10.1. The maximum Gasteiger partial charge on any atom is -0.0149 e. The van der Waals surface area contributed by atoms with E-state index in [1.54, 1.807) is 5.57 Å². The van der Waals surface area contributed by atoms with Crippen LogP contribution in [0, 0.1) is 17.8 Å². The third-order valence-corrected chi connectivity index (χ3v) is 2.87. The summed E-state index contributed by atoms with van der Waals surface area (Å²) >= 11 is 0. The minimum atomic E-state index is 0.917. The molecule has 58 valence electrons. The number of hydrogen-bond acceptors (Lipinski definition) is 0. The molecule has 1 saturated carbocycles. The topological polar surface area (TPSA) is 0 Å². The number of hydrogen-bond donors (Lipinski definition) is 0. The van der Waals surface area contributed by atoms with Gasteiger partial charge < -0.3 is 0 Å². The average Bonchev–Trinajstić information content (AvgIpc) is 2.42. The lowest BCUT2D eigenvalue weighted by Crippen LogP contribution is -1.81. The molecule has 1 fully saturated rings. The molecule has 1 aliphatic rings. The molecule has 0 spiro atoms. The van der Waals surface area contributed by atoms with Gasteiger partial charge in [-0.25, -0.2) is 0 Å². The lowest BCUT2D eigenvalue weighted by Gasteiger charge is -1.95. The minimum Gasteiger partial charge on any atom is -0.0856 e. The summed E-state index contributed by atoms with van der Waals surface area (Å²) < 4.78 is 0. The van der Waals surface area contributed by atoms with Crippen LogP contribution in [-0.2, 0) is 0 Å². The van der Waals surface area contributed by atoms with Gasteiger partial charge in [-0.2, -0.15) is 0 Å². The van der Waals surface area contributed by atoms with E-state index < -0.39 is 0 Å². The van der Waals surface area contributed by atoms with Gasteiger partial charge in [0.05, 0.1) is 0 Å². The van der Waals surface area contributed by atoms with E-state index in [2.05, 4.69) is 33.8 Å². The molecular weight excluding hydrogens is 120 g/mol. The number of allylic oxidation sites excluding steroid dienone is 2. The zero-order chi connectivity index (χ0) is 7.72. The van der Waals surface area contributed by atoms with Gasteiger partial charge in [0, 0.05) is 0 Å². The van der Waals surface area contributed by atoms with E-state index in [1.807, 2.05) is 0 Å². The average molecular weight is 138 g/mol. The SMILES string of the molecule is CCC=C(C)C1C(C)C1C. The van der Waals surface area contributed by atoms with Crippen molar-refractivity contribution in [3.8, 4) is 0 Å². The summed E-state index contributed by atoms with van der Waals surface area (Å²) in [5.74, 6) is 2.81. The second-order valence-electron chi connectivity index (χ2n) is 3.60. The van der Waals surface area contributed by atoms with Crippen LogP contribution in [-0.4, -0.2) is 0 Å². The highest BCUT2D eigenvalue weighted by atomic mass is 14.5. The second kappa shape index (κ2) is 2.77. The Morgan fingerprint density at radius 2 is 1.80 bits per heavy atom. The third kappa shape index (κ3) is 1.25.